The number of benzene rings is 2. The molecule has 0 radical (unpaired) electrons. The number of nitro benzene ring substituents is 1. The number of carbonyl (C=O) groups is 1. The maximum absolute atomic E-state index is 12.5. The van der Waals surface area contributed by atoms with Crippen LogP contribution in [0, 0.1) is 21.4 Å². The van der Waals surface area contributed by atoms with Gasteiger partial charge in [0.2, 0.25) is 5.13 Å². The van der Waals surface area contributed by atoms with Crippen molar-refractivity contribution in [3.8, 4) is 6.07 Å². The highest BCUT2D eigenvalue weighted by Crippen LogP contribution is 2.29. The first-order chi connectivity index (χ1) is 15.5. The fourth-order valence-corrected chi connectivity index (χ4v) is 4.27. The number of nitrogens with zero attached hydrogens (tertiary/aromatic N) is 4. The molecule has 0 aliphatic rings. The lowest BCUT2D eigenvalue weighted by Crippen LogP contribution is -2.13. The summed E-state index contributed by atoms with van der Waals surface area (Å²) in [5.74, 6) is 0.120. The lowest BCUT2D eigenvalue weighted by atomic mass is 10.1. The molecule has 3 aromatic rings. The Morgan fingerprint density at radius 2 is 2.06 bits per heavy atom. The van der Waals surface area contributed by atoms with Gasteiger partial charge < -0.3 is 10.1 Å². The number of rotatable bonds is 10. The van der Waals surface area contributed by atoms with E-state index in [4.69, 9.17) is 10.00 Å². The molecule has 0 fully saturated rings. The van der Waals surface area contributed by atoms with Gasteiger partial charge in [-0.2, -0.15) is 5.26 Å². The van der Waals surface area contributed by atoms with Crippen LogP contribution >= 0.6 is 23.1 Å². The van der Waals surface area contributed by atoms with E-state index in [0.717, 1.165) is 5.56 Å². The molecule has 10 nitrogen and oxygen atoms in total. The van der Waals surface area contributed by atoms with Crippen LogP contribution in [-0.2, 0) is 10.5 Å². The maximum Gasteiger partial charge on any atom is 0.293 e. The van der Waals surface area contributed by atoms with Crippen LogP contribution in [0.5, 0.6) is 0 Å². The van der Waals surface area contributed by atoms with Crippen molar-refractivity contribution in [2.45, 2.75) is 10.1 Å². The van der Waals surface area contributed by atoms with E-state index in [9.17, 15) is 14.9 Å². The monoisotopic (exact) mass is 470 g/mol. The zero-order chi connectivity index (χ0) is 22.9. The molecular formula is C20H18N6O4S2. The van der Waals surface area contributed by atoms with E-state index in [1.54, 1.807) is 12.1 Å². The number of hydrogen-bond acceptors (Lipinski definition) is 10. The van der Waals surface area contributed by atoms with E-state index in [2.05, 4.69) is 26.9 Å². The standard InChI is InChI=1S/C20H18N6O4S2/c1-30-9-8-22-16-7-6-15(10-17(16)26(28)29)18(27)23-19-24-25-20(32-19)31-12-14-4-2-13(11-21)3-5-14/h2-7,10,22H,8-9,12H2,1H3,(H,23,24,27). The highest BCUT2D eigenvalue weighted by Gasteiger charge is 2.18. The number of anilines is 2. The normalized spacial score (nSPS) is 10.4. The highest BCUT2D eigenvalue weighted by molar-refractivity contribution is 8.00. The molecule has 0 saturated heterocycles. The van der Waals surface area contributed by atoms with E-state index in [1.165, 1.54) is 48.4 Å². The summed E-state index contributed by atoms with van der Waals surface area (Å²) in [7, 11) is 1.54. The molecule has 164 valence electrons. The summed E-state index contributed by atoms with van der Waals surface area (Å²) in [4.78, 5) is 23.4. The summed E-state index contributed by atoms with van der Waals surface area (Å²) in [5.41, 5.74) is 1.86. The van der Waals surface area contributed by atoms with Crippen molar-refractivity contribution in [3.63, 3.8) is 0 Å². The summed E-state index contributed by atoms with van der Waals surface area (Å²) in [6.45, 7) is 0.790. The van der Waals surface area contributed by atoms with Gasteiger partial charge in [0.15, 0.2) is 4.34 Å². The average Bonchev–Trinajstić information content (AvgIpc) is 3.25. The number of aromatic nitrogens is 2. The minimum absolute atomic E-state index is 0.135. The van der Waals surface area contributed by atoms with E-state index >= 15 is 0 Å². The second kappa shape index (κ2) is 11.2. The van der Waals surface area contributed by atoms with Crippen LogP contribution < -0.4 is 10.6 Å². The summed E-state index contributed by atoms with van der Waals surface area (Å²) < 4.78 is 5.58. The van der Waals surface area contributed by atoms with Gasteiger partial charge >= 0.3 is 0 Å². The Labute approximate surface area is 191 Å². The molecule has 1 amide bonds. The third-order valence-electron chi connectivity index (χ3n) is 4.15. The fourth-order valence-electron chi connectivity index (χ4n) is 2.57. The summed E-state index contributed by atoms with van der Waals surface area (Å²) in [6, 6.07) is 13.5. The van der Waals surface area contributed by atoms with Gasteiger partial charge in [-0.3, -0.25) is 20.2 Å². The number of nitro groups is 1. The van der Waals surface area contributed by atoms with E-state index in [0.29, 0.717) is 39.6 Å². The number of hydrogen-bond donors (Lipinski definition) is 2. The van der Waals surface area contributed by atoms with Gasteiger partial charge in [0.25, 0.3) is 11.6 Å². The van der Waals surface area contributed by atoms with Crippen LogP contribution in [0.2, 0.25) is 0 Å². The fraction of sp³-hybridized carbons (Fsp3) is 0.200. The van der Waals surface area contributed by atoms with Crippen LogP contribution in [-0.4, -0.2) is 41.3 Å². The molecule has 0 atom stereocenters. The Hall–Kier alpha value is -3.53. The number of nitriles is 1. The van der Waals surface area contributed by atoms with Gasteiger partial charge in [-0.1, -0.05) is 35.2 Å². The molecule has 0 unspecified atom stereocenters. The lowest BCUT2D eigenvalue weighted by molar-refractivity contribution is -0.384. The first-order valence-corrected chi connectivity index (χ1v) is 11.1. The van der Waals surface area contributed by atoms with Crippen LogP contribution in [0.1, 0.15) is 21.5 Å². The second-order valence-corrected chi connectivity index (χ2v) is 8.53. The Bertz CT molecular complexity index is 1140. The van der Waals surface area contributed by atoms with E-state index in [-0.39, 0.29) is 11.3 Å². The first-order valence-electron chi connectivity index (χ1n) is 9.28. The van der Waals surface area contributed by atoms with Crippen LogP contribution in [0.4, 0.5) is 16.5 Å². The Balaban J connectivity index is 1.61. The van der Waals surface area contributed by atoms with Crippen molar-refractivity contribution in [2.24, 2.45) is 0 Å². The van der Waals surface area contributed by atoms with E-state index in [1.807, 2.05) is 12.1 Å². The molecule has 1 heterocycles. The van der Waals surface area contributed by atoms with Gasteiger partial charge in [0, 0.05) is 31.0 Å². The molecule has 1 aromatic heterocycles. The van der Waals surface area contributed by atoms with Crippen LogP contribution in [0.3, 0.4) is 0 Å². The summed E-state index contributed by atoms with van der Waals surface area (Å²) in [5, 5.41) is 34.1. The third-order valence-corrected chi connectivity index (χ3v) is 6.19. The predicted molar refractivity (Wildman–Crippen MR) is 122 cm³/mol. The zero-order valence-corrected chi connectivity index (χ0v) is 18.5. The Kier molecular flexibility index (Phi) is 8.09. The van der Waals surface area contributed by atoms with Gasteiger partial charge in [0.05, 0.1) is 23.2 Å². The van der Waals surface area contributed by atoms with Crippen molar-refractivity contribution < 1.29 is 14.5 Å². The number of ether oxygens (including phenoxy) is 1. The molecule has 2 N–H and O–H groups in total. The zero-order valence-electron chi connectivity index (χ0n) is 16.9. The second-order valence-electron chi connectivity index (χ2n) is 6.33. The molecule has 0 aliphatic carbocycles. The van der Waals surface area contributed by atoms with E-state index < -0.39 is 10.8 Å². The molecule has 0 bridgehead atoms. The van der Waals surface area contributed by atoms with Crippen molar-refractivity contribution in [3.05, 3.63) is 69.3 Å². The van der Waals surface area contributed by atoms with Crippen molar-refractivity contribution in [2.75, 3.05) is 30.9 Å². The molecule has 0 saturated carbocycles. The Morgan fingerprint density at radius 3 is 2.75 bits per heavy atom. The van der Waals surface area contributed by atoms with Gasteiger partial charge in [0.1, 0.15) is 5.69 Å². The minimum atomic E-state index is -0.547. The molecule has 12 heteroatoms. The molecule has 0 aliphatic heterocycles. The van der Waals surface area contributed by atoms with Gasteiger partial charge in [-0.25, -0.2) is 0 Å². The third kappa shape index (κ3) is 6.24. The highest BCUT2D eigenvalue weighted by atomic mass is 32.2. The lowest BCUT2D eigenvalue weighted by Gasteiger charge is -2.08. The molecule has 2 aromatic carbocycles. The largest absolute Gasteiger partial charge is 0.383 e. The number of nitrogens with one attached hydrogen (secondary N) is 2. The van der Waals surface area contributed by atoms with Crippen molar-refractivity contribution in [1.29, 1.82) is 5.26 Å². The summed E-state index contributed by atoms with van der Waals surface area (Å²) in [6.07, 6.45) is 0. The first kappa shape index (κ1) is 23.1. The maximum atomic E-state index is 12.5. The van der Waals surface area contributed by atoms with Crippen molar-refractivity contribution in [1.82, 2.24) is 10.2 Å². The molecule has 32 heavy (non-hydrogen) atoms. The molecule has 3 rings (SSSR count). The van der Waals surface area contributed by atoms with Crippen LogP contribution in [0.15, 0.2) is 46.8 Å². The molecule has 0 spiro atoms. The van der Waals surface area contributed by atoms with Crippen molar-refractivity contribution >= 4 is 45.5 Å². The predicted octanol–water partition coefficient (Wildman–Crippen LogP) is 3.92. The minimum Gasteiger partial charge on any atom is -0.383 e. The number of thioether (sulfide) groups is 1. The number of carbonyl (C=O) groups excluding carboxylic acids is 1. The molecular weight excluding hydrogens is 452 g/mol. The topological polar surface area (TPSA) is 143 Å². The van der Waals surface area contributed by atoms with Gasteiger partial charge in [-0.05, 0) is 29.8 Å². The summed E-state index contributed by atoms with van der Waals surface area (Å²) >= 11 is 2.66. The Morgan fingerprint density at radius 1 is 1.28 bits per heavy atom. The SMILES string of the molecule is COCCNc1ccc(C(=O)Nc2nnc(SCc3ccc(C#N)cc3)s2)cc1[N+](=O)[O-]. The van der Waals surface area contributed by atoms with Gasteiger partial charge in [-0.15, -0.1) is 10.2 Å². The quantitative estimate of drug-likeness (QED) is 0.148. The van der Waals surface area contributed by atoms with Crippen LogP contribution in [0.25, 0.3) is 0 Å². The smallest absolute Gasteiger partial charge is 0.293 e. The average molecular weight is 471 g/mol. The number of methoxy groups -OCH3 is 1. The number of amides is 1.